The minimum Gasteiger partial charge on any atom is -0.618 e. The van der Waals surface area contributed by atoms with Crippen LogP contribution in [0.15, 0.2) is 22.8 Å². The number of aliphatic hydroxyl groups is 1. The second-order valence-corrected chi connectivity index (χ2v) is 3.44. The van der Waals surface area contributed by atoms with Crippen LogP contribution in [0.25, 0.3) is 0 Å². The standard InChI is InChI=1S/C8H10BrNO2/c1-2-8(11)7-5-6(9)3-4-10(7)12/h3-5,8,11H,2H2,1H3. The summed E-state index contributed by atoms with van der Waals surface area (Å²) >= 11 is 3.23. The molecule has 0 radical (unpaired) electrons. The number of aliphatic hydroxyl groups excluding tert-OH is 1. The first-order valence-corrected chi connectivity index (χ1v) is 4.51. The molecule has 1 atom stereocenters. The molecule has 0 aliphatic carbocycles. The molecule has 12 heavy (non-hydrogen) atoms. The van der Waals surface area contributed by atoms with Crippen molar-refractivity contribution in [3.63, 3.8) is 0 Å². The Balaban J connectivity index is 3.04. The lowest BCUT2D eigenvalue weighted by Crippen LogP contribution is -2.32. The topological polar surface area (TPSA) is 47.2 Å². The number of aromatic nitrogens is 1. The smallest absolute Gasteiger partial charge is 0.222 e. The zero-order valence-electron chi connectivity index (χ0n) is 6.70. The van der Waals surface area contributed by atoms with Crippen LogP contribution in [-0.2, 0) is 0 Å². The SMILES string of the molecule is CCC(O)c1cc(Br)cc[n+]1[O-]. The van der Waals surface area contributed by atoms with Gasteiger partial charge in [-0.3, -0.25) is 0 Å². The molecule has 1 N–H and O–H groups in total. The quantitative estimate of drug-likeness (QED) is 0.620. The average Bonchev–Trinajstić information content (AvgIpc) is 2.08. The van der Waals surface area contributed by atoms with Gasteiger partial charge in [-0.05, 0) is 6.42 Å². The first-order chi connectivity index (χ1) is 5.65. The Morgan fingerprint density at radius 1 is 1.75 bits per heavy atom. The monoisotopic (exact) mass is 231 g/mol. The van der Waals surface area contributed by atoms with E-state index >= 15 is 0 Å². The number of pyridine rings is 1. The maximum atomic E-state index is 11.1. The van der Waals surface area contributed by atoms with Gasteiger partial charge in [-0.25, -0.2) is 0 Å². The van der Waals surface area contributed by atoms with Crippen LogP contribution in [0.2, 0.25) is 0 Å². The van der Waals surface area contributed by atoms with E-state index in [2.05, 4.69) is 15.9 Å². The molecule has 0 spiro atoms. The fourth-order valence-corrected chi connectivity index (χ4v) is 1.28. The van der Waals surface area contributed by atoms with Crippen LogP contribution >= 0.6 is 15.9 Å². The van der Waals surface area contributed by atoms with Crippen LogP contribution in [0.3, 0.4) is 0 Å². The van der Waals surface area contributed by atoms with Gasteiger partial charge in [0.2, 0.25) is 5.69 Å². The largest absolute Gasteiger partial charge is 0.618 e. The Morgan fingerprint density at radius 2 is 2.42 bits per heavy atom. The van der Waals surface area contributed by atoms with Crippen molar-refractivity contribution in [2.24, 2.45) is 0 Å². The first kappa shape index (κ1) is 9.48. The van der Waals surface area contributed by atoms with Gasteiger partial charge in [-0.2, -0.15) is 4.73 Å². The summed E-state index contributed by atoms with van der Waals surface area (Å²) in [5.74, 6) is 0. The van der Waals surface area contributed by atoms with Crippen LogP contribution in [0.1, 0.15) is 25.1 Å². The van der Waals surface area contributed by atoms with E-state index in [4.69, 9.17) is 0 Å². The molecule has 0 aliphatic rings. The molecule has 0 saturated heterocycles. The molecule has 0 saturated carbocycles. The maximum absolute atomic E-state index is 11.1. The summed E-state index contributed by atoms with van der Waals surface area (Å²) in [5, 5.41) is 20.5. The van der Waals surface area contributed by atoms with Gasteiger partial charge in [0.05, 0.1) is 0 Å². The van der Waals surface area contributed by atoms with Gasteiger partial charge in [-0.1, -0.05) is 22.9 Å². The minimum atomic E-state index is -0.681. The van der Waals surface area contributed by atoms with E-state index in [9.17, 15) is 10.3 Å². The molecule has 1 aromatic rings. The molecule has 4 heteroatoms. The molecule has 66 valence electrons. The number of hydrogen-bond donors (Lipinski definition) is 1. The predicted octanol–water partition coefficient (Wildman–Crippen LogP) is 1.53. The molecule has 0 aliphatic heterocycles. The van der Waals surface area contributed by atoms with Crippen LogP contribution in [-0.4, -0.2) is 5.11 Å². The van der Waals surface area contributed by atoms with Crippen LogP contribution in [0, 0.1) is 5.21 Å². The number of nitrogens with zero attached hydrogens (tertiary/aromatic N) is 1. The van der Waals surface area contributed by atoms with Gasteiger partial charge >= 0.3 is 0 Å². The lowest BCUT2D eigenvalue weighted by Gasteiger charge is -2.08. The van der Waals surface area contributed by atoms with E-state index in [0.29, 0.717) is 16.8 Å². The van der Waals surface area contributed by atoms with Gasteiger partial charge in [0.15, 0.2) is 6.20 Å². The molecular weight excluding hydrogens is 222 g/mol. The summed E-state index contributed by atoms with van der Waals surface area (Å²) in [6, 6.07) is 3.26. The highest BCUT2D eigenvalue weighted by molar-refractivity contribution is 9.10. The molecule has 0 amide bonds. The highest BCUT2D eigenvalue weighted by Crippen LogP contribution is 2.16. The Morgan fingerprint density at radius 3 is 3.00 bits per heavy atom. The zero-order chi connectivity index (χ0) is 9.14. The molecule has 0 aromatic carbocycles. The molecule has 0 fully saturated rings. The van der Waals surface area contributed by atoms with Gasteiger partial charge in [0.25, 0.3) is 0 Å². The molecule has 1 unspecified atom stereocenters. The third kappa shape index (κ3) is 1.95. The van der Waals surface area contributed by atoms with Crippen molar-refractivity contribution in [3.8, 4) is 0 Å². The number of hydrogen-bond acceptors (Lipinski definition) is 2. The third-order valence-electron chi connectivity index (χ3n) is 1.64. The minimum absolute atomic E-state index is 0.381. The summed E-state index contributed by atoms with van der Waals surface area (Å²) in [5.41, 5.74) is 0.381. The molecule has 0 bridgehead atoms. The van der Waals surface area contributed by atoms with Gasteiger partial charge < -0.3 is 10.3 Å². The summed E-state index contributed by atoms with van der Waals surface area (Å²) in [7, 11) is 0. The van der Waals surface area contributed by atoms with Crippen LogP contribution in [0.4, 0.5) is 0 Å². The third-order valence-corrected chi connectivity index (χ3v) is 2.13. The summed E-state index contributed by atoms with van der Waals surface area (Å²) in [6.07, 6.45) is 1.23. The molecular formula is C8H10BrNO2. The van der Waals surface area contributed by atoms with Crippen molar-refractivity contribution in [1.82, 2.24) is 0 Å². The van der Waals surface area contributed by atoms with Crippen molar-refractivity contribution in [2.45, 2.75) is 19.4 Å². The first-order valence-electron chi connectivity index (χ1n) is 3.71. The van der Waals surface area contributed by atoms with E-state index in [1.807, 2.05) is 6.92 Å². The van der Waals surface area contributed by atoms with Crippen molar-refractivity contribution in [1.29, 1.82) is 0 Å². The lowest BCUT2D eigenvalue weighted by atomic mass is 10.2. The Kier molecular flexibility index (Phi) is 3.05. The highest BCUT2D eigenvalue weighted by atomic mass is 79.9. The summed E-state index contributed by atoms with van der Waals surface area (Å²) < 4.78 is 1.48. The van der Waals surface area contributed by atoms with Crippen molar-refractivity contribution in [3.05, 3.63) is 33.7 Å². The van der Waals surface area contributed by atoms with Gasteiger partial charge in [-0.15, -0.1) is 0 Å². The van der Waals surface area contributed by atoms with E-state index in [1.54, 1.807) is 12.1 Å². The van der Waals surface area contributed by atoms with E-state index in [0.717, 1.165) is 4.47 Å². The second kappa shape index (κ2) is 3.87. The van der Waals surface area contributed by atoms with E-state index in [-0.39, 0.29) is 0 Å². The Hall–Kier alpha value is -0.610. The van der Waals surface area contributed by atoms with Crippen molar-refractivity contribution in [2.75, 3.05) is 0 Å². The lowest BCUT2D eigenvalue weighted by molar-refractivity contribution is -0.618. The molecule has 3 nitrogen and oxygen atoms in total. The normalized spacial score (nSPS) is 12.9. The maximum Gasteiger partial charge on any atom is 0.222 e. The fourth-order valence-electron chi connectivity index (χ4n) is 0.930. The van der Waals surface area contributed by atoms with E-state index < -0.39 is 6.10 Å². The molecule has 1 aromatic heterocycles. The average molecular weight is 232 g/mol. The number of rotatable bonds is 2. The van der Waals surface area contributed by atoms with Crippen LogP contribution < -0.4 is 4.73 Å². The highest BCUT2D eigenvalue weighted by Gasteiger charge is 2.14. The van der Waals surface area contributed by atoms with Gasteiger partial charge in [0.1, 0.15) is 6.10 Å². The van der Waals surface area contributed by atoms with Crippen molar-refractivity contribution >= 4 is 15.9 Å². The van der Waals surface area contributed by atoms with E-state index in [1.165, 1.54) is 6.20 Å². The predicted molar refractivity (Wildman–Crippen MR) is 48.4 cm³/mol. The Labute approximate surface area is 79.4 Å². The van der Waals surface area contributed by atoms with Gasteiger partial charge in [0, 0.05) is 16.6 Å². The molecule has 1 rings (SSSR count). The number of halogens is 1. The summed E-state index contributed by atoms with van der Waals surface area (Å²) in [6.45, 7) is 1.82. The van der Waals surface area contributed by atoms with Crippen LogP contribution in [0.5, 0.6) is 0 Å². The zero-order valence-corrected chi connectivity index (χ0v) is 8.28. The Bertz CT molecular complexity index is 278. The summed E-state index contributed by atoms with van der Waals surface area (Å²) in [4.78, 5) is 0. The molecule has 1 heterocycles. The fraction of sp³-hybridized carbons (Fsp3) is 0.375. The van der Waals surface area contributed by atoms with Crippen molar-refractivity contribution < 1.29 is 9.84 Å². The second-order valence-electron chi connectivity index (χ2n) is 2.52.